The fourth-order valence-electron chi connectivity index (χ4n) is 4.20. The third-order valence-corrected chi connectivity index (χ3v) is 5.94. The lowest BCUT2D eigenvalue weighted by Crippen LogP contribution is -2.59. The number of hydrogen-bond donors (Lipinski definition) is 0. The van der Waals surface area contributed by atoms with Crippen LogP contribution in [0.5, 0.6) is 5.88 Å². The van der Waals surface area contributed by atoms with E-state index in [4.69, 9.17) is 4.74 Å². The fourth-order valence-corrected chi connectivity index (χ4v) is 4.20. The largest absolute Gasteiger partial charge is 0.468 e. The Hall–Kier alpha value is -3.96. The van der Waals surface area contributed by atoms with Crippen molar-refractivity contribution in [1.29, 1.82) is 0 Å². The number of amides is 2. The molecule has 2 aliphatic heterocycles. The van der Waals surface area contributed by atoms with E-state index in [0.717, 1.165) is 23.2 Å². The minimum Gasteiger partial charge on any atom is -0.468 e. The second kappa shape index (κ2) is 8.67. The van der Waals surface area contributed by atoms with E-state index in [-0.39, 0.29) is 30.2 Å². The highest BCUT2D eigenvalue weighted by molar-refractivity contribution is 5.79. The second-order valence-electron chi connectivity index (χ2n) is 8.43. The van der Waals surface area contributed by atoms with Crippen LogP contribution in [0.2, 0.25) is 0 Å². The Labute approximate surface area is 197 Å². The van der Waals surface area contributed by atoms with Crippen molar-refractivity contribution >= 4 is 12.2 Å². The van der Waals surface area contributed by atoms with Gasteiger partial charge in [-0.2, -0.15) is 10.2 Å². The normalized spacial score (nSPS) is 17.7. The van der Waals surface area contributed by atoms with E-state index in [1.807, 2.05) is 0 Å². The molecular formula is C23H20F4N6O2. The Morgan fingerprint density at radius 3 is 2.43 bits per heavy atom. The zero-order valence-corrected chi connectivity index (χ0v) is 18.8. The molecule has 0 aliphatic carbocycles. The number of likely N-dealkylation sites (tertiary alicyclic amines) is 1. The van der Waals surface area contributed by atoms with Crippen LogP contribution in [0.3, 0.4) is 0 Å². The smallest absolute Gasteiger partial charge is 0.341 e. The molecule has 0 radical (unpaired) electrons. The monoisotopic (exact) mass is 488 g/mol. The van der Waals surface area contributed by atoms with Crippen molar-refractivity contribution < 1.29 is 27.1 Å². The van der Waals surface area contributed by atoms with Gasteiger partial charge in [-0.25, -0.2) is 32.3 Å². The van der Waals surface area contributed by atoms with Gasteiger partial charge in [0.15, 0.2) is 11.6 Å². The Morgan fingerprint density at radius 2 is 1.77 bits per heavy atom. The summed E-state index contributed by atoms with van der Waals surface area (Å²) in [5, 5.41) is 9.26. The number of benzene rings is 1. The topological polar surface area (TPSA) is 75.8 Å². The summed E-state index contributed by atoms with van der Waals surface area (Å²) in [6, 6.07) is 2.66. The van der Waals surface area contributed by atoms with Gasteiger partial charge in [-0.1, -0.05) is 0 Å². The molecule has 3 aromatic rings. The van der Waals surface area contributed by atoms with Crippen molar-refractivity contribution in [3.8, 4) is 17.3 Å². The van der Waals surface area contributed by atoms with Gasteiger partial charge < -0.3 is 9.64 Å². The van der Waals surface area contributed by atoms with Crippen LogP contribution >= 0.6 is 0 Å². The summed E-state index contributed by atoms with van der Waals surface area (Å²) in [5.41, 5.74) is 1.25. The Morgan fingerprint density at radius 1 is 1.06 bits per heavy atom. The van der Waals surface area contributed by atoms with Crippen molar-refractivity contribution in [3.05, 3.63) is 64.9 Å². The maximum atomic E-state index is 14.4. The number of pyridine rings is 1. The molecule has 2 amide bonds. The summed E-state index contributed by atoms with van der Waals surface area (Å²) >= 11 is 0. The van der Waals surface area contributed by atoms with E-state index >= 15 is 0 Å². The predicted octanol–water partition coefficient (Wildman–Crippen LogP) is 3.96. The van der Waals surface area contributed by atoms with E-state index in [1.54, 1.807) is 20.2 Å². The molecule has 2 aromatic heterocycles. The summed E-state index contributed by atoms with van der Waals surface area (Å²) in [6.45, 7) is 1.94. The van der Waals surface area contributed by atoms with Gasteiger partial charge >= 0.3 is 6.03 Å². The van der Waals surface area contributed by atoms with Gasteiger partial charge in [0.1, 0.15) is 23.4 Å². The molecule has 5 rings (SSSR count). The number of ether oxygens (including phenoxy) is 1. The lowest BCUT2D eigenvalue weighted by molar-refractivity contribution is 0.0230. The van der Waals surface area contributed by atoms with Gasteiger partial charge in [0.25, 0.3) is 5.88 Å². The third-order valence-electron chi connectivity index (χ3n) is 5.94. The molecule has 182 valence electrons. The Balaban J connectivity index is 1.27. The van der Waals surface area contributed by atoms with Crippen molar-refractivity contribution in [2.24, 2.45) is 12.1 Å². The molecule has 2 aliphatic rings. The number of hydrogen-bond acceptors (Lipinski definition) is 5. The number of urea groups is 1. The molecule has 8 nitrogen and oxygen atoms in total. The summed E-state index contributed by atoms with van der Waals surface area (Å²) < 4.78 is 63.2. The highest BCUT2D eigenvalue weighted by Gasteiger charge is 2.39. The number of aryl methyl sites for hydroxylation is 2. The molecule has 1 aromatic carbocycles. The lowest BCUT2D eigenvalue weighted by Gasteiger charge is -2.40. The van der Waals surface area contributed by atoms with E-state index in [1.165, 1.54) is 15.8 Å². The number of rotatable bonds is 4. The molecule has 0 bridgehead atoms. The van der Waals surface area contributed by atoms with Crippen molar-refractivity contribution in [2.75, 3.05) is 13.1 Å². The molecule has 1 unspecified atom stereocenters. The predicted molar refractivity (Wildman–Crippen MR) is 117 cm³/mol. The van der Waals surface area contributed by atoms with Crippen LogP contribution in [0.1, 0.15) is 23.6 Å². The van der Waals surface area contributed by atoms with Crippen LogP contribution in [-0.2, 0) is 7.05 Å². The van der Waals surface area contributed by atoms with Crippen LogP contribution in [0.25, 0.3) is 11.4 Å². The maximum Gasteiger partial charge on any atom is 0.341 e. The fraction of sp³-hybridized carbons (Fsp3) is 0.304. The Kier molecular flexibility index (Phi) is 5.65. The van der Waals surface area contributed by atoms with Crippen LogP contribution < -0.4 is 4.74 Å². The first kappa shape index (κ1) is 22.8. The van der Waals surface area contributed by atoms with E-state index in [2.05, 4.69) is 15.2 Å². The second-order valence-corrected chi connectivity index (χ2v) is 8.43. The first-order valence-electron chi connectivity index (χ1n) is 10.8. The summed E-state index contributed by atoms with van der Waals surface area (Å²) in [5.74, 6) is -3.68. The summed E-state index contributed by atoms with van der Waals surface area (Å²) in [4.78, 5) is 18.4. The molecule has 0 spiro atoms. The van der Waals surface area contributed by atoms with E-state index in [0.29, 0.717) is 23.7 Å². The van der Waals surface area contributed by atoms with Crippen molar-refractivity contribution in [1.82, 2.24) is 24.7 Å². The molecule has 1 atom stereocenters. The van der Waals surface area contributed by atoms with Crippen molar-refractivity contribution in [2.45, 2.75) is 25.5 Å². The first-order chi connectivity index (χ1) is 16.7. The quantitative estimate of drug-likeness (QED) is 0.521. The highest BCUT2D eigenvalue weighted by Crippen LogP contribution is 2.32. The third kappa shape index (κ3) is 4.19. The van der Waals surface area contributed by atoms with Gasteiger partial charge in [-0.15, -0.1) is 0 Å². The molecule has 35 heavy (non-hydrogen) atoms. The van der Waals surface area contributed by atoms with Crippen LogP contribution in [0.4, 0.5) is 22.4 Å². The molecule has 12 heteroatoms. The van der Waals surface area contributed by atoms with Gasteiger partial charge in [-0.3, -0.25) is 4.68 Å². The molecule has 0 saturated carbocycles. The zero-order valence-electron chi connectivity index (χ0n) is 18.8. The molecule has 1 saturated heterocycles. The van der Waals surface area contributed by atoms with Gasteiger partial charge in [0.2, 0.25) is 0 Å². The molecular weight excluding hydrogens is 468 g/mol. The first-order valence-corrected chi connectivity index (χ1v) is 10.8. The average Bonchev–Trinajstić information content (AvgIpc) is 3.38. The van der Waals surface area contributed by atoms with Crippen molar-refractivity contribution in [3.63, 3.8) is 0 Å². The standard InChI is InChI=1S/C23H20F4N6O2/c1-12-9-29-31(2)21(12)20-17(26)8-18(27)22(30-20)35-16-10-32(11-16)23(34)33-19(3-4-28-33)13-5-14(24)7-15(25)6-13/h4-9,16,19H,3,10-11H2,1-2H3. The van der Waals surface area contributed by atoms with Crippen LogP contribution in [-0.4, -0.2) is 56.1 Å². The zero-order chi connectivity index (χ0) is 24.9. The number of carbonyl (C=O) groups is 1. The van der Waals surface area contributed by atoms with E-state index < -0.39 is 41.4 Å². The van der Waals surface area contributed by atoms with Crippen LogP contribution in [0, 0.1) is 30.2 Å². The Bertz CT molecular complexity index is 1300. The number of carbonyl (C=O) groups excluding carboxylic acids is 1. The lowest BCUT2D eigenvalue weighted by atomic mass is 10.0. The van der Waals surface area contributed by atoms with Gasteiger partial charge in [0, 0.05) is 31.8 Å². The SMILES string of the molecule is Cc1cnn(C)c1-c1nc(OC2CN(C(=O)N3N=CCC3c3cc(F)cc(F)c3)C2)c(F)cc1F. The molecule has 4 heterocycles. The highest BCUT2D eigenvalue weighted by atomic mass is 19.1. The minimum atomic E-state index is -0.965. The number of nitrogens with zero attached hydrogens (tertiary/aromatic N) is 6. The minimum absolute atomic E-state index is 0.0947. The summed E-state index contributed by atoms with van der Waals surface area (Å²) in [6.07, 6.45) is 2.77. The number of aromatic nitrogens is 3. The maximum absolute atomic E-state index is 14.4. The average molecular weight is 488 g/mol. The summed E-state index contributed by atoms with van der Waals surface area (Å²) in [7, 11) is 1.62. The van der Waals surface area contributed by atoms with E-state index in [9.17, 15) is 22.4 Å². The number of halogens is 4. The van der Waals surface area contributed by atoms with Gasteiger partial charge in [0.05, 0.1) is 31.0 Å². The van der Waals surface area contributed by atoms with Gasteiger partial charge in [-0.05, 0) is 30.2 Å². The molecule has 1 fully saturated rings. The number of hydrazone groups is 1. The molecule has 0 N–H and O–H groups in total. The van der Waals surface area contributed by atoms with Crippen LogP contribution in [0.15, 0.2) is 35.6 Å².